The summed E-state index contributed by atoms with van der Waals surface area (Å²) in [5.74, 6) is 0.0520. The molecule has 0 aliphatic carbocycles. The molecule has 0 amide bonds. The molecule has 1 heterocycles. The van der Waals surface area contributed by atoms with Crippen LogP contribution in [-0.2, 0) is 0 Å². The van der Waals surface area contributed by atoms with Crippen molar-refractivity contribution in [2.45, 2.75) is 6.92 Å². The number of nitrogens with zero attached hydrogens (tertiary/aromatic N) is 1. The van der Waals surface area contributed by atoms with Gasteiger partial charge in [-0.05, 0) is 6.92 Å². The van der Waals surface area contributed by atoms with Crippen molar-refractivity contribution in [3.05, 3.63) is 36.4 Å². The summed E-state index contributed by atoms with van der Waals surface area (Å²) in [5.41, 5.74) is 0. The van der Waals surface area contributed by atoms with Gasteiger partial charge in [-0.25, -0.2) is 0 Å². The zero-order valence-electron chi connectivity index (χ0n) is 5.82. The van der Waals surface area contributed by atoms with Crippen LogP contribution in [-0.4, -0.2) is 0 Å². The van der Waals surface area contributed by atoms with Gasteiger partial charge in [0.05, 0.1) is 0 Å². The number of rotatable bonds is 1. The van der Waals surface area contributed by atoms with E-state index in [1.54, 1.807) is 4.57 Å². The van der Waals surface area contributed by atoms with Crippen molar-refractivity contribution in [2.75, 3.05) is 0 Å². The Bertz CT molecular complexity index is 224. The number of aromatic nitrogens is 1. The van der Waals surface area contributed by atoms with E-state index in [2.05, 4.69) is 0 Å². The monoisotopic (exact) mass is 135 g/mol. The first kappa shape index (κ1) is 6.81. The van der Waals surface area contributed by atoms with E-state index in [1.165, 1.54) is 13.1 Å². The Balaban J connectivity index is 2.87. The molecule has 0 aromatic carbocycles. The third-order valence-corrected chi connectivity index (χ3v) is 1.07. The van der Waals surface area contributed by atoms with Crippen LogP contribution in [0, 0.1) is 0 Å². The van der Waals surface area contributed by atoms with Gasteiger partial charge in [0.25, 0.3) is 0 Å². The maximum absolute atomic E-state index is 10.5. The first-order valence-corrected chi connectivity index (χ1v) is 3.10. The summed E-state index contributed by atoms with van der Waals surface area (Å²) >= 11 is 0. The molecule has 2 heteroatoms. The van der Waals surface area contributed by atoms with Crippen molar-refractivity contribution in [1.82, 2.24) is 0 Å². The summed E-state index contributed by atoms with van der Waals surface area (Å²) in [7, 11) is 0. The van der Waals surface area contributed by atoms with Gasteiger partial charge in [0.2, 0.25) is 0 Å². The minimum Gasteiger partial charge on any atom is -0.872 e. The Morgan fingerprint density at radius 1 is 1.30 bits per heavy atom. The third kappa shape index (κ3) is 1.90. The van der Waals surface area contributed by atoms with Crippen LogP contribution in [0.2, 0.25) is 0 Å². The Morgan fingerprint density at radius 2 is 1.90 bits per heavy atom. The van der Waals surface area contributed by atoms with Crippen molar-refractivity contribution < 1.29 is 9.67 Å². The van der Waals surface area contributed by atoms with Gasteiger partial charge in [0.1, 0.15) is 0 Å². The van der Waals surface area contributed by atoms with Gasteiger partial charge in [0, 0.05) is 12.1 Å². The second-order valence-electron chi connectivity index (χ2n) is 2.06. The Hall–Kier alpha value is -1.31. The Morgan fingerprint density at radius 3 is 2.40 bits per heavy atom. The number of allylic oxidation sites excluding steroid dienone is 1. The highest BCUT2D eigenvalue weighted by Crippen LogP contribution is 1.79. The standard InChI is InChI=1S/C8H9NO/c1-8(10)7-9-5-3-2-4-6-9/h2-7H,1H3/b8-7-. The van der Waals surface area contributed by atoms with E-state index in [-0.39, 0.29) is 5.76 Å². The van der Waals surface area contributed by atoms with E-state index in [4.69, 9.17) is 0 Å². The quantitative estimate of drug-likeness (QED) is 0.398. The SMILES string of the molecule is C/C([O-])=C/[n+]1ccccc1. The fourth-order valence-electron chi connectivity index (χ4n) is 0.708. The maximum Gasteiger partial charge on any atom is 0.174 e. The van der Waals surface area contributed by atoms with Gasteiger partial charge >= 0.3 is 0 Å². The second kappa shape index (κ2) is 3.01. The molecule has 0 atom stereocenters. The molecule has 0 spiro atoms. The van der Waals surface area contributed by atoms with Crippen LogP contribution < -0.4 is 9.67 Å². The van der Waals surface area contributed by atoms with Crippen molar-refractivity contribution in [3.8, 4) is 0 Å². The van der Waals surface area contributed by atoms with Crippen molar-refractivity contribution in [3.63, 3.8) is 0 Å². The minimum atomic E-state index is 0.0520. The fraction of sp³-hybridized carbons (Fsp3) is 0.125. The predicted octanol–water partition coefficient (Wildman–Crippen LogP) is 0.153. The molecule has 0 saturated heterocycles. The average Bonchev–Trinajstić information content (AvgIpc) is 1.88. The summed E-state index contributed by atoms with van der Waals surface area (Å²) in [5, 5.41) is 10.5. The van der Waals surface area contributed by atoms with E-state index in [9.17, 15) is 5.11 Å². The van der Waals surface area contributed by atoms with E-state index >= 15 is 0 Å². The lowest BCUT2D eigenvalue weighted by Gasteiger charge is -1.96. The van der Waals surface area contributed by atoms with Crippen LogP contribution in [0.5, 0.6) is 0 Å². The molecule has 0 N–H and O–H groups in total. The van der Waals surface area contributed by atoms with Gasteiger partial charge in [0.15, 0.2) is 18.6 Å². The summed E-state index contributed by atoms with van der Waals surface area (Å²) in [6.07, 6.45) is 5.17. The number of hydrogen-bond acceptors (Lipinski definition) is 1. The van der Waals surface area contributed by atoms with Crippen molar-refractivity contribution >= 4 is 6.20 Å². The highest BCUT2D eigenvalue weighted by atomic mass is 16.3. The number of pyridine rings is 1. The molecule has 1 aromatic heterocycles. The lowest BCUT2D eigenvalue weighted by atomic mass is 10.5. The molecule has 0 saturated carbocycles. The highest BCUT2D eigenvalue weighted by molar-refractivity contribution is 5.08. The van der Waals surface area contributed by atoms with Crippen LogP contribution in [0.4, 0.5) is 0 Å². The second-order valence-corrected chi connectivity index (χ2v) is 2.06. The average molecular weight is 135 g/mol. The molecular weight excluding hydrogens is 126 g/mol. The molecule has 0 aliphatic heterocycles. The first-order chi connectivity index (χ1) is 4.79. The fourth-order valence-corrected chi connectivity index (χ4v) is 0.708. The molecule has 0 radical (unpaired) electrons. The van der Waals surface area contributed by atoms with Gasteiger partial charge in [-0.1, -0.05) is 11.8 Å². The van der Waals surface area contributed by atoms with Crippen LogP contribution in [0.15, 0.2) is 36.4 Å². The highest BCUT2D eigenvalue weighted by Gasteiger charge is 1.86. The Kier molecular flexibility index (Phi) is 2.05. The van der Waals surface area contributed by atoms with Gasteiger partial charge in [-0.3, -0.25) is 0 Å². The lowest BCUT2D eigenvalue weighted by molar-refractivity contribution is -0.573. The topological polar surface area (TPSA) is 26.9 Å². The smallest absolute Gasteiger partial charge is 0.174 e. The van der Waals surface area contributed by atoms with E-state index in [1.807, 2.05) is 30.6 Å². The summed E-state index contributed by atoms with van der Waals surface area (Å²) in [6, 6.07) is 5.66. The molecule has 0 fully saturated rings. The minimum absolute atomic E-state index is 0.0520. The zero-order chi connectivity index (χ0) is 7.40. The molecule has 0 aliphatic rings. The van der Waals surface area contributed by atoms with Gasteiger partial charge in [-0.15, -0.1) is 0 Å². The lowest BCUT2D eigenvalue weighted by Crippen LogP contribution is -2.26. The van der Waals surface area contributed by atoms with Gasteiger partial charge < -0.3 is 5.11 Å². The molecule has 0 unspecified atom stereocenters. The zero-order valence-corrected chi connectivity index (χ0v) is 5.82. The normalized spacial score (nSPS) is 11.5. The van der Waals surface area contributed by atoms with Crippen molar-refractivity contribution in [1.29, 1.82) is 0 Å². The van der Waals surface area contributed by atoms with E-state index in [0.29, 0.717) is 0 Å². The largest absolute Gasteiger partial charge is 0.872 e. The first-order valence-electron chi connectivity index (χ1n) is 3.10. The third-order valence-electron chi connectivity index (χ3n) is 1.07. The van der Waals surface area contributed by atoms with E-state index in [0.717, 1.165) is 0 Å². The predicted molar refractivity (Wildman–Crippen MR) is 36.6 cm³/mol. The molecule has 1 rings (SSSR count). The Labute approximate surface area is 60.1 Å². The van der Waals surface area contributed by atoms with Gasteiger partial charge in [-0.2, -0.15) is 4.57 Å². The molecular formula is C8H9NO. The molecule has 0 bridgehead atoms. The molecule has 2 nitrogen and oxygen atoms in total. The van der Waals surface area contributed by atoms with Crippen LogP contribution in [0.25, 0.3) is 6.20 Å². The summed E-state index contributed by atoms with van der Waals surface area (Å²) in [6.45, 7) is 1.53. The maximum atomic E-state index is 10.5. The molecule has 10 heavy (non-hydrogen) atoms. The van der Waals surface area contributed by atoms with Crippen LogP contribution >= 0.6 is 0 Å². The van der Waals surface area contributed by atoms with Crippen molar-refractivity contribution in [2.24, 2.45) is 0 Å². The van der Waals surface area contributed by atoms with E-state index < -0.39 is 0 Å². The summed E-state index contributed by atoms with van der Waals surface area (Å²) in [4.78, 5) is 0. The molecule has 1 aromatic rings. The van der Waals surface area contributed by atoms with Crippen LogP contribution in [0.3, 0.4) is 0 Å². The van der Waals surface area contributed by atoms with Crippen LogP contribution in [0.1, 0.15) is 6.92 Å². The number of hydrogen-bond donors (Lipinski definition) is 0. The summed E-state index contributed by atoms with van der Waals surface area (Å²) < 4.78 is 1.72. The molecule has 52 valence electrons.